The van der Waals surface area contributed by atoms with Crippen molar-refractivity contribution >= 4 is 5.91 Å². The van der Waals surface area contributed by atoms with Crippen LogP contribution in [0.15, 0.2) is 66.9 Å². The highest BCUT2D eigenvalue weighted by Crippen LogP contribution is 2.28. The zero-order valence-electron chi connectivity index (χ0n) is 17.5. The molecule has 1 amide bonds. The van der Waals surface area contributed by atoms with E-state index in [0.717, 1.165) is 29.0 Å². The van der Waals surface area contributed by atoms with Gasteiger partial charge in [0.05, 0.1) is 12.5 Å². The minimum atomic E-state index is -0.216. The molecule has 3 aromatic rings. The molecule has 1 aliphatic rings. The first-order valence-electron chi connectivity index (χ1n) is 10.6. The molecule has 1 aliphatic heterocycles. The van der Waals surface area contributed by atoms with E-state index in [1.54, 1.807) is 6.20 Å². The Kier molecular flexibility index (Phi) is 6.67. The Morgan fingerprint density at radius 1 is 1.10 bits per heavy atom. The first kappa shape index (κ1) is 20.7. The zero-order chi connectivity index (χ0) is 21.5. The van der Waals surface area contributed by atoms with Crippen molar-refractivity contribution in [2.75, 3.05) is 13.2 Å². The fourth-order valence-corrected chi connectivity index (χ4v) is 3.41. The maximum absolute atomic E-state index is 12.7. The van der Waals surface area contributed by atoms with E-state index < -0.39 is 0 Å². The molecule has 0 spiro atoms. The number of pyridine rings is 1. The summed E-state index contributed by atoms with van der Waals surface area (Å²) >= 11 is 0. The van der Waals surface area contributed by atoms with E-state index in [2.05, 4.69) is 17.2 Å². The van der Waals surface area contributed by atoms with Crippen LogP contribution in [0.1, 0.15) is 24.5 Å². The fourth-order valence-electron chi connectivity index (χ4n) is 3.41. The summed E-state index contributed by atoms with van der Waals surface area (Å²) in [5.74, 6) is 2.54. The van der Waals surface area contributed by atoms with Crippen molar-refractivity contribution in [1.29, 1.82) is 0 Å². The van der Waals surface area contributed by atoms with Crippen LogP contribution >= 0.6 is 0 Å². The molecule has 1 unspecified atom stereocenters. The Morgan fingerprint density at radius 3 is 2.74 bits per heavy atom. The third-order valence-electron chi connectivity index (χ3n) is 5.06. The Balaban J connectivity index is 1.36. The third kappa shape index (κ3) is 5.34. The van der Waals surface area contributed by atoms with Crippen LogP contribution in [0.3, 0.4) is 0 Å². The van der Waals surface area contributed by atoms with Crippen molar-refractivity contribution in [3.8, 4) is 23.1 Å². The minimum Gasteiger partial charge on any atom is -0.494 e. The van der Waals surface area contributed by atoms with E-state index in [9.17, 15) is 4.79 Å². The summed E-state index contributed by atoms with van der Waals surface area (Å²) in [7, 11) is 0. The van der Waals surface area contributed by atoms with Gasteiger partial charge in [-0.1, -0.05) is 31.2 Å². The van der Waals surface area contributed by atoms with Crippen molar-refractivity contribution in [1.82, 2.24) is 10.3 Å². The highest BCUT2D eigenvalue weighted by Gasteiger charge is 2.25. The third-order valence-corrected chi connectivity index (χ3v) is 5.06. The van der Waals surface area contributed by atoms with Gasteiger partial charge in [0, 0.05) is 18.3 Å². The maximum atomic E-state index is 12.7. The van der Waals surface area contributed by atoms with Gasteiger partial charge in [0.2, 0.25) is 11.8 Å². The average Bonchev–Trinajstić information content (AvgIpc) is 2.82. The number of nitrogens with one attached hydrogen (secondary N) is 1. The first-order chi connectivity index (χ1) is 15.2. The summed E-state index contributed by atoms with van der Waals surface area (Å²) in [6.07, 6.45) is 3.30. The number of fused-ring (bicyclic) bond motifs is 1. The van der Waals surface area contributed by atoms with Crippen molar-refractivity contribution in [2.45, 2.75) is 26.3 Å². The number of nitrogens with zero attached hydrogens (tertiary/aromatic N) is 1. The molecule has 6 nitrogen and oxygen atoms in total. The normalized spacial score (nSPS) is 14.8. The summed E-state index contributed by atoms with van der Waals surface area (Å²) < 4.78 is 17.3. The molecule has 0 bridgehead atoms. The number of benzene rings is 2. The largest absolute Gasteiger partial charge is 0.494 e. The monoisotopic (exact) mass is 418 g/mol. The summed E-state index contributed by atoms with van der Waals surface area (Å²) in [4.78, 5) is 17.0. The summed E-state index contributed by atoms with van der Waals surface area (Å²) in [6.45, 7) is 3.46. The average molecular weight is 418 g/mol. The van der Waals surface area contributed by atoms with Gasteiger partial charge >= 0.3 is 0 Å². The lowest BCUT2D eigenvalue weighted by atomic mass is 9.96. The molecule has 0 fully saturated rings. The smallest absolute Gasteiger partial charge is 0.227 e. The second kappa shape index (κ2) is 9.98. The van der Waals surface area contributed by atoms with Gasteiger partial charge in [-0.15, -0.1) is 0 Å². The predicted molar refractivity (Wildman–Crippen MR) is 118 cm³/mol. The molecule has 0 aliphatic carbocycles. The van der Waals surface area contributed by atoms with Crippen LogP contribution in [0.5, 0.6) is 23.1 Å². The van der Waals surface area contributed by atoms with Gasteiger partial charge in [-0.25, -0.2) is 4.98 Å². The Bertz CT molecular complexity index is 1020. The van der Waals surface area contributed by atoms with Crippen LogP contribution in [0.4, 0.5) is 0 Å². The van der Waals surface area contributed by atoms with Crippen LogP contribution in [0, 0.1) is 5.92 Å². The van der Waals surface area contributed by atoms with Crippen LogP contribution in [-0.4, -0.2) is 24.1 Å². The molecule has 2 heterocycles. The number of hydrogen-bond acceptors (Lipinski definition) is 5. The van der Waals surface area contributed by atoms with E-state index in [-0.39, 0.29) is 11.8 Å². The molecular formula is C25H26N2O4. The van der Waals surface area contributed by atoms with E-state index in [1.807, 2.05) is 60.7 Å². The fraction of sp³-hybridized carbons (Fsp3) is 0.280. The highest BCUT2D eigenvalue weighted by atomic mass is 16.5. The summed E-state index contributed by atoms with van der Waals surface area (Å²) in [5.41, 5.74) is 1.87. The number of carbonyl (C=O) groups is 1. The quantitative estimate of drug-likeness (QED) is 0.582. The zero-order valence-corrected chi connectivity index (χ0v) is 17.5. The first-order valence-corrected chi connectivity index (χ1v) is 10.6. The molecule has 2 aromatic carbocycles. The maximum Gasteiger partial charge on any atom is 0.227 e. The number of hydrogen-bond donors (Lipinski definition) is 1. The Labute approximate surface area is 182 Å². The molecule has 0 radical (unpaired) electrons. The minimum absolute atomic E-state index is 0.0401. The lowest BCUT2D eigenvalue weighted by molar-refractivity contribution is -0.126. The van der Waals surface area contributed by atoms with Crippen LogP contribution in [0.25, 0.3) is 0 Å². The second-order valence-corrected chi connectivity index (χ2v) is 7.43. The molecule has 31 heavy (non-hydrogen) atoms. The van der Waals surface area contributed by atoms with E-state index >= 15 is 0 Å². The molecular weight excluding hydrogens is 392 g/mol. The number of ether oxygens (including phenoxy) is 3. The van der Waals surface area contributed by atoms with Crippen molar-refractivity contribution in [3.05, 3.63) is 78.0 Å². The number of amides is 1. The van der Waals surface area contributed by atoms with Crippen LogP contribution < -0.4 is 19.5 Å². The van der Waals surface area contributed by atoms with Gasteiger partial charge in [0.25, 0.3) is 0 Å². The van der Waals surface area contributed by atoms with Gasteiger partial charge in [-0.3, -0.25) is 4.79 Å². The highest BCUT2D eigenvalue weighted by molar-refractivity contribution is 5.79. The van der Waals surface area contributed by atoms with Gasteiger partial charge < -0.3 is 19.5 Å². The van der Waals surface area contributed by atoms with Crippen LogP contribution in [-0.2, 0) is 17.8 Å². The molecule has 1 N–H and O–H groups in total. The van der Waals surface area contributed by atoms with Crippen LogP contribution in [0.2, 0.25) is 0 Å². The Morgan fingerprint density at radius 2 is 1.90 bits per heavy atom. The predicted octanol–water partition coefficient (Wildman–Crippen LogP) is 4.53. The molecule has 0 saturated heterocycles. The SMILES string of the molecule is CCCOc1ccc(Oc2ncccc2CNC(=O)C2COc3ccccc3C2)cc1. The van der Waals surface area contributed by atoms with E-state index in [4.69, 9.17) is 14.2 Å². The lowest BCUT2D eigenvalue weighted by Gasteiger charge is -2.24. The molecule has 6 heteroatoms. The molecule has 1 atom stereocenters. The summed E-state index contributed by atoms with van der Waals surface area (Å²) in [6, 6.07) is 19.0. The topological polar surface area (TPSA) is 69.7 Å². The van der Waals surface area contributed by atoms with Gasteiger partial charge in [0.1, 0.15) is 23.9 Å². The number of aromatic nitrogens is 1. The van der Waals surface area contributed by atoms with Crippen molar-refractivity contribution < 1.29 is 19.0 Å². The lowest BCUT2D eigenvalue weighted by Crippen LogP contribution is -2.37. The number of rotatable bonds is 8. The molecule has 1 aromatic heterocycles. The van der Waals surface area contributed by atoms with Gasteiger partial charge in [-0.05, 0) is 54.8 Å². The molecule has 4 rings (SSSR count). The van der Waals surface area contributed by atoms with E-state index in [1.165, 1.54) is 0 Å². The second-order valence-electron chi connectivity index (χ2n) is 7.43. The van der Waals surface area contributed by atoms with Gasteiger partial charge in [0.15, 0.2) is 0 Å². The number of para-hydroxylation sites is 1. The summed E-state index contributed by atoms with van der Waals surface area (Å²) in [5, 5.41) is 3.00. The number of carbonyl (C=O) groups excluding carboxylic acids is 1. The molecule has 160 valence electrons. The van der Waals surface area contributed by atoms with Crippen molar-refractivity contribution in [3.63, 3.8) is 0 Å². The van der Waals surface area contributed by atoms with Crippen molar-refractivity contribution in [2.24, 2.45) is 5.92 Å². The van der Waals surface area contributed by atoms with E-state index in [0.29, 0.717) is 37.8 Å². The molecule has 0 saturated carbocycles. The van der Waals surface area contributed by atoms with Gasteiger partial charge in [-0.2, -0.15) is 0 Å². The Hall–Kier alpha value is -3.54. The standard InChI is InChI=1S/C25H26N2O4/c1-2-14-29-21-9-11-22(12-10-21)31-25-19(7-5-13-26-25)16-27-24(28)20-15-18-6-3-4-8-23(18)30-17-20/h3-13,20H,2,14-17H2,1H3,(H,27,28).